The van der Waals surface area contributed by atoms with Crippen LogP contribution in [0.4, 0.5) is 5.00 Å². The molecule has 0 aliphatic heterocycles. The van der Waals surface area contributed by atoms with Crippen molar-refractivity contribution in [2.24, 2.45) is 5.73 Å². The molecule has 0 fully saturated rings. The zero-order valence-electron chi connectivity index (χ0n) is 13.3. The first kappa shape index (κ1) is 18.2. The number of aryl methyl sites for hydroxylation is 1. The quantitative estimate of drug-likeness (QED) is 0.564. The lowest BCUT2D eigenvalue weighted by molar-refractivity contribution is -0.124. The number of carbonyl (C=O) groups excluding carboxylic acids is 4. The molecule has 0 atom stereocenters. The summed E-state index contributed by atoms with van der Waals surface area (Å²) in [5.74, 6) is -1.73. The van der Waals surface area contributed by atoms with Crippen LogP contribution in [-0.4, -0.2) is 23.6 Å². The summed E-state index contributed by atoms with van der Waals surface area (Å²) in [6.07, 6.45) is 1.09. The van der Waals surface area contributed by atoms with Crippen LogP contribution in [0.1, 0.15) is 39.3 Å². The Morgan fingerprint density at radius 1 is 1.08 bits per heavy atom. The van der Waals surface area contributed by atoms with Crippen molar-refractivity contribution < 1.29 is 23.6 Å². The van der Waals surface area contributed by atoms with E-state index in [0.717, 1.165) is 11.3 Å². The maximum Gasteiger partial charge on any atom is 0.273 e. The molecule has 5 N–H and O–H groups in total. The zero-order chi connectivity index (χ0) is 18.4. The fourth-order valence-corrected chi connectivity index (χ4v) is 2.70. The fraction of sp³-hybridized carbons (Fsp3) is 0.200. The minimum Gasteiger partial charge on any atom is -0.469 e. The van der Waals surface area contributed by atoms with Gasteiger partial charge in [-0.25, -0.2) is 0 Å². The lowest BCUT2D eigenvalue weighted by Crippen LogP contribution is -2.41. The van der Waals surface area contributed by atoms with Crippen molar-refractivity contribution in [1.82, 2.24) is 10.9 Å². The standard InChI is InChI=1S/C15H16N4O5S/c1-8-9(4-6-24-8)14(23)19-18-12(21)3-2-11(20)17-15-10(13(16)22)5-7-25-15/h4-7H,2-3H2,1H3,(H2,16,22)(H,17,20)(H,18,21)(H,19,23). The van der Waals surface area contributed by atoms with Crippen LogP contribution in [-0.2, 0) is 9.59 Å². The maximum absolute atomic E-state index is 11.8. The predicted molar refractivity (Wildman–Crippen MR) is 89.8 cm³/mol. The number of furan rings is 1. The monoisotopic (exact) mass is 364 g/mol. The molecule has 0 saturated carbocycles. The number of carbonyl (C=O) groups is 4. The first-order valence-corrected chi connectivity index (χ1v) is 8.07. The summed E-state index contributed by atoms with van der Waals surface area (Å²) in [5, 5.41) is 4.48. The summed E-state index contributed by atoms with van der Waals surface area (Å²) in [7, 11) is 0. The number of anilines is 1. The van der Waals surface area contributed by atoms with Crippen LogP contribution in [0.2, 0.25) is 0 Å². The van der Waals surface area contributed by atoms with Gasteiger partial charge in [0.05, 0.1) is 17.4 Å². The Morgan fingerprint density at radius 2 is 1.80 bits per heavy atom. The lowest BCUT2D eigenvalue weighted by Gasteiger charge is -2.07. The fourth-order valence-electron chi connectivity index (χ4n) is 1.89. The number of hydrogen-bond acceptors (Lipinski definition) is 6. The molecule has 4 amide bonds. The van der Waals surface area contributed by atoms with Crippen LogP contribution in [0.5, 0.6) is 0 Å². The van der Waals surface area contributed by atoms with Crippen LogP contribution in [0.15, 0.2) is 28.2 Å². The van der Waals surface area contributed by atoms with Gasteiger partial charge in [0.15, 0.2) is 0 Å². The third kappa shape index (κ3) is 4.91. The molecule has 132 valence electrons. The molecule has 9 nitrogen and oxygen atoms in total. The molecule has 0 unspecified atom stereocenters. The molecule has 2 aromatic rings. The first-order valence-electron chi connectivity index (χ1n) is 7.19. The number of amides is 4. The van der Waals surface area contributed by atoms with Crippen LogP contribution in [0.25, 0.3) is 0 Å². The molecule has 2 aromatic heterocycles. The summed E-state index contributed by atoms with van der Waals surface area (Å²) in [5.41, 5.74) is 10.1. The highest BCUT2D eigenvalue weighted by molar-refractivity contribution is 7.14. The van der Waals surface area contributed by atoms with E-state index in [2.05, 4.69) is 16.2 Å². The van der Waals surface area contributed by atoms with Gasteiger partial charge in [-0.3, -0.25) is 30.0 Å². The van der Waals surface area contributed by atoms with Crippen molar-refractivity contribution in [3.05, 3.63) is 40.7 Å². The van der Waals surface area contributed by atoms with Crippen LogP contribution in [0, 0.1) is 6.92 Å². The number of thiophene rings is 1. The molecule has 0 radical (unpaired) electrons. The van der Waals surface area contributed by atoms with Gasteiger partial charge in [0, 0.05) is 12.8 Å². The van der Waals surface area contributed by atoms with E-state index in [1.807, 2.05) is 0 Å². The molecule has 0 aliphatic carbocycles. The normalized spacial score (nSPS) is 10.1. The SMILES string of the molecule is Cc1occc1C(=O)NNC(=O)CCC(=O)Nc1sccc1C(N)=O. The van der Waals surface area contributed by atoms with Crippen LogP contribution >= 0.6 is 11.3 Å². The molecule has 2 heterocycles. The second-order valence-electron chi connectivity index (χ2n) is 4.97. The first-order chi connectivity index (χ1) is 11.9. The summed E-state index contributed by atoms with van der Waals surface area (Å²) >= 11 is 1.16. The summed E-state index contributed by atoms with van der Waals surface area (Å²) in [6.45, 7) is 1.62. The van der Waals surface area contributed by atoms with Crippen molar-refractivity contribution in [2.45, 2.75) is 19.8 Å². The van der Waals surface area contributed by atoms with Crippen molar-refractivity contribution in [2.75, 3.05) is 5.32 Å². The lowest BCUT2D eigenvalue weighted by atomic mass is 10.2. The average molecular weight is 364 g/mol. The maximum atomic E-state index is 11.8. The third-order valence-electron chi connectivity index (χ3n) is 3.18. The van der Waals surface area contributed by atoms with Gasteiger partial charge in [0.1, 0.15) is 10.8 Å². The van der Waals surface area contributed by atoms with Crippen molar-refractivity contribution >= 4 is 40.0 Å². The van der Waals surface area contributed by atoms with Gasteiger partial charge in [0.25, 0.3) is 11.8 Å². The second-order valence-corrected chi connectivity index (χ2v) is 5.88. The van der Waals surface area contributed by atoms with Crippen LogP contribution < -0.4 is 21.9 Å². The molecule has 0 aromatic carbocycles. The average Bonchev–Trinajstić information content (AvgIpc) is 3.19. The van der Waals surface area contributed by atoms with Gasteiger partial charge >= 0.3 is 0 Å². The number of primary amides is 1. The van der Waals surface area contributed by atoms with Gasteiger partial charge < -0.3 is 15.5 Å². The van der Waals surface area contributed by atoms with Crippen molar-refractivity contribution in [3.8, 4) is 0 Å². The Balaban J connectivity index is 1.75. The molecule has 0 aliphatic rings. The number of rotatable bonds is 6. The van der Waals surface area contributed by atoms with E-state index in [9.17, 15) is 19.2 Å². The van der Waals surface area contributed by atoms with Crippen LogP contribution in [0.3, 0.4) is 0 Å². The highest BCUT2D eigenvalue weighted by Gasteiger charge is 2.15. The summed E-state index contributed by atoms with van der Waals surface area (Å²) in [4.78, 5) is 46.4. The van der Waals surface area contributed by atoms with E-state index in [0.29, 0.717) is 16.3 Å². The van der Waals surface area contributed by atoms with Crippen molar-refractivity contribution in [1.29, 1.82) is 0 Å². The number of hydrazine groups is 1. The number of hydrogen-bond donors (Lipinski definition) is 4. The molecule has 0 spiro atoms. The molecule has 25 heavy (non-hydrogen) atoms. The summed E-state index contributed by atoms with van der Waals surface area (Å²) < 4.78 is 4.99. The molecule has 0 bridgehead atoms. The second kappa shape index (κ2) is 8.11. The minimum absolute atomic E-state index is 0.122. The number of nitrogens with two attached hydrogens (primary N) is 1. The molecular formula is C15H16N4O5S. The molecule has 10 heteroatoms. The molecular weight excluding hydrogens is 348 g/mol. The Hall–Kier alpha value is -3.14. The minimum atomic E-state index is -0.647. The molecule has 2 rings (SSSR count). The predicted octanol–water partition coefficient (Wildman–Crippen LogP) is 0.928. The largest absolute Gasteiger partial charge is 0.469 e. The van der Waals surface area contributed by atoms with Gasteiger partial charge in [-0.05, 0) is 24.4 Å². The van der Waals surface area contributed by atoms with E-state index in [4.69, 9.17) is 10.2 Å². The van der Waals surface area contributed by atoms with Crippen molar-refractivity contribution in [3.63, 3.8) is 0 Å². The van der Waals surface area contributed by atoms with E-state index >= 15 is 0 Å². The van der Waals surface area contributed by atoms with E-state index < -0.39 is 23.6 Å². The van der Waals surface area contributed by atoms with E-state index in [-0.39, 0.29) is 18.4 Å². The Labute approximate surface area is 146 Å². The highest BCUT2D eigenvalue weighted by atomic mass is 32.1. The highest BCUT2D eigenvalue weighted by Crippen LogP contribution is 2.22. The summed E-state index contributed by atoms with van der Waals surface area (Å²) in [6, 6.07) is 2.98. The third-order valence-corrected chi connectivity index (χ3v) is 4.01. The van der Waals surface area contributed by atoms with Gasteiger partial charge in [0.2, 0.25) is 11.8 Å². The molecule has 0 saturated heterocycles. The van der Waals surface area contributed by atoms with E-state index in [1.54, 1.807) is 12.3 Å². The zero-order valence-corrected chi connectivity index (χ0v) is 14.1. The Morgan fingerprint density at radius 3 is 2.44 bits per heavy atom. The Bertz CT molecular complexity index is 810. The van der Waals surface area contributed by atoms with Gasteiger partial charge in [-0.15, -0.1) is 11.3 Å². The van der Waals surface area contributed by atoms with E-state index in [1.165, 1.54) is 18.4 Å². The number of nitrogens with one attached hydrogen (secondary N) is 3. The Kier molecular flexibility index (Phi) is 5.90. The van der Waals surface area contributed by atoms with Gasteiger partial charge in [-0.1, -0.05) is 0 Å². The van der Waals surface area contributed by atoms with Gasteiger partial charge in [-0.2, -0.15) is 0 Å². The smallest absolute Gasteiger partial charge is 0.273 e. The topological polar surface area (TPSA) is 144 Å².